The highest BCUT2D eigenvalue weighted by atomic mass is 16.6. The molecule has 9 nitrogen and oxygen atoms in total. The van der Waals surface area contributed by atoms with E-state index in [1.807, 2.05) is 18.2 Å². The number of aromatic nitrogens is 1. The third kappa shape index (κ3) is 4.14. The van der Waals surface area contributed by atoms with Gasteiger partial charge in [0, 0.05) is 57.6 Å². The highest BCUT2D eigenvalue weighted by molar-refractivity contribution is 6.00. The van der Waals surface area contributed by atoms with Crippen LogP contribution >= 0.6 is 0 Å². The molecule has 0 N–H and O–H groups in total. The van der Waals surface area contributed by atoms with Crippen molar-refractivity contribution in [2.75, 3.05) is 62.3 Å². The van der Waals surface area contributed by atoms with Gasteiger partial charge in [-0.15, -0.1) is 0 Å². The Labute approximate surface area is 168 Å². The number of nitro groups is 1. The number of nitro benzene ring substituents is 1. The fourth-order valence-electron chi connectivity index (χ4n) is 3.74. The summed E-state index contributed by atoms with van der Waals surface area (Å²) >= 11 is 0. The van der Waals surface area contributed by atoms with E-state index in [0.717, 1.165) is 11.5 Å². The van der Waals surface area contributed by atoms with Crippen LogP contribution in [0.1, 0.15) is 10.4 Å². The zero-order chi connectivity index (χ0) is 20.2. The monoisotopic (exact) mass is 397 g/mol. The van der Waals surface area contributed by atoms with Gasteiger partial charge in [-0.05, 0) is 18.2 Å². The van der Waals surface area contributed by atoms with Crippen LogP contribution in [0.25, 0.3) is 0 Å². The van der Waals surface area contributed by atoms with Crippen molar-refractivity contribution in [1.29, 1.82) is 0 Å². The number of nitrogens with zero attached hydrogens (tertiary/aromatic N) is 5. The van der Waals surface area contributed by atoms with Gasteiger partial charge >= 0.3 is 0 Å². The number of amides is 1. The average molecular weight is 397 g/mol. The van der Waals surface area contributed by atoms with E-state index in [1.165, 1.54) is 12.1 Å². The molecule has 2 aliphatic rings. The maximum atomic E-state index is 13.3. The largest absolute Gasteiger partial charge is 0.378 e. The van der Waals surface area contributed by atoms with Crippen LogP contribution in [0, 0.1) is 10.1 Å². The summed E-state index contributed by atoms with van der Waals surface area (Å²) in [6, 6.07) is 10.3. The molecule has 2 aromatic rings. The van der Waals surface area contributed by atoms with Gasteiger partial charge in [0.15, 0.2) is 0 Å². The molecule has 0 radical (unpaired) electrons. The van der Waals surface area contributed by atoms with E-state index in [2.05, 4.69) is 14.8 Å². The molecule has 29 heavy (non-hydrogen) atoms. The fraction of sp³-hybridized carbons (Fsp3) is 0.400. The molecular weight excluding hydrogens is 374 g/mol. The molecule has 0 atom stereocenters. The lowest BCUT2D eigenvalue weighted by Gasteiger charge is -2.36. The van der Waals surface area contributed by atoms with Crippen molar-refractivity contribution in [1.82, 2.24) is 9.88 Å². The second kappa shape index (κ2) is 8.44. The summed E-state index contributed by atoms with van der Waals surface area (Å²) in [5.41, 5.74) is 1.04. The van der Waals surface area contributed by atoms with Crippen LogP contribution in [0.2, 0.25) is 0 Å². The molecule has 2 fully saturated rings. The predicted molar refractivity (Wildman–Crippen MR) is 108 cm³/mol. The first-order valence-corrected chi connectivity index (χ1v) is 9.70. The number of anilines is 2. The highest BCUT2D eigenvalue weighted by Crippen LogP contribution is 2.28. The number of non-ortho nitro benzene ring substituents is 1. The normalized spacial score (nSPS) is 17.3. The first kappa shape index (κ1) is 19.1. The zero-order valence-electron chi connectivity index (χ0n) is 16.1. The van der Waals surface area contributed by atoms with E-state index in [4.69, 9.17) is 4.74 Å². The molecule has 1 aromatic carbocycles. The minimum atomic E-state index is -0.459. The Morgan fingerprint density at radius 2 is 1.76 bits per heavy atom. The van der Waals surface area contributed by atoms with Gasteiger partial charge in [-0.1, -0.05) is 6.07 Å². The predicted octanol–water partition coefficient (Wildman–Crippen LogP) is 1.79. The first-order valence-electron chi connectivity index (χ1n) is 9.70. The molecule has 2 saturated heterocycles. The third-order valence-electron chi connectivity index (χ3n) is 5.31. The number of morpholine rings is 1. The molecule has 1 aromatic heterocycles. The van der Waals surface area contributed by atoms with E-state index < -0.39 is 4.92 Å². The highest BCUT2D eigenvalue weighted by Gasteiger charge is 2.28. The SMILES string of the molecule is O=C(c1cc([N+](=O)[O-])ccc1N1CCOCC1)N1CCN(c2ccccn2)CC1. The molecule has 2 aliphatic heterocycles. The van der Waals surface area contributed by atoms with Gasteiger partial charge in [-0.3, -0.25) is 14.9 Å². The second-order valence-corrected chi connectivity index (χ2v) is 7.03. The number of carbonyl (C=O) groups is 1. The Morgan fingerprint density at radius 3 is 2.41 bits per heavy atom. The van der Waals surface area contributed by atoms with Gasteiger partial charge in [0.1, 0.15) is 5.82 Å². The lowest BCUT2D eigenvalue weighted by molar-refractivity contribution is -0.384. The van der Waals surface area contributed by atoms with Crippen LogP contribution in [-0.2, 0) is 4.74 Å². The van der Waals surface area contributed by atoms with Crippen LogP contribution in [0.5, 0.6) is 0 Å². The van der Waals surface area contributed by atoms with Crippen molar-refractivity contribution in [2.45, 2.75) is 0 Å². The quantitative estimate of drug-likeness (QED) is 0.574. The van der Waals surface area contributed by atoms with Crippen LogP contribution in [0.15, 0.2) is 42.6 Å². The van der Waals surface area contributed by atoms with E-state index in [1.54, 1.807) is 17.2 Å². The molecule has 152 valence electrons. The van der Waals surface area contributed by atoms with Gasteiger partial charge in [0.05, 0.1) is 29.4 Å². The Hall–Kier alpha value is -3.20. The van der Waals surface area contributed by atoms with Crippen LogP contribution < -0.4 is 9.80 Å². The molecular formula is C20H23N5O4. The number of piperazine rings is 1. The van der Waals surface area contributed by atoms with Crippen molar-refractivity contribution >= 4 is 23.1 Å². The number of benzene rings is 1. The number of hydrogen-bond acceptors (Lipinski definition) is 7. The van der Waals surface area contributed by atoms with Crippen molar-refractivity contribution in [3.8, 4) is 0 Å². The zero-order valence-corrected chi connectivity index (χ0v) is 16.1. The minimum absolute atomic E-state index is 0.0718. The van der Waals surface area contributed by atoms with Gasteiger partial charge in [0.2, 0.25) is 0 Å². The number of ether oxygens (including phenoxy) is 1. The van der Waals surface area contributed by atoms with E-state index in [9.17, 15) is 14.9 Å². The Kier molecular flexibility index (Phi) is 5.57. The van der Waals surface area contributed by atoms with Crippen molar-refractivity contribution in [2.24, 2.45) is 0 Å². The molecule has 1 amide bonds. The summed E-state index contributed by atoms with van der Waals surface area (Å²) in [7, 11) is 0. The molecule has 4 rings (SSSR count). The van der Waals surface area contributed by atoms with E-state index in [-0.39, 0.29) is 11.6 Å². The Balaban J connectivity index is 1.54. The summed E-state index contributed by atoms with van der Waals surface area (Å²) in [5, 5.41) is 11.3. The average Bonchev–Trinajstić information content (AvgIpc) is 2.79. The summed E-state index contributed by atoms with van der Waals surface area (Å²) in [5.74, 6) is 0.722. The number of pyridine rings is 1. The molecule has 9 heteroatoms. The van der Waals surface area contributed by atoms with Crippen LogP contribution in [0.4, 0.5) is 17.2 Å². The maximum Gasteiger partial charge on any atom is 0.270 e. The van der Waals surface area contributed by atoms with Crippen LogP contribution in [-0.4, -0.2) is 73.2 Å². The summed E-state index contributed by atoms with van der Waals surface area (Å²) < 4.78 is 5.40. The topological polar surface area (TPSA) is 92.0 Å². The van der Waals surface area contributed by atoms with Gasteiger partial charge in [-0.25, -0.2) is 4.98 Å². The first-order chi connectivity index (χ1) is 14.1. The second-order valence-electron chi connectivity index (χ2n) is 7.03. The lowest BCUT2D eigenvalue weighted by Crippen LogP contribution is -2.49. The lowest BCUT2D eigenvalue weighted by atomic mass is 10.1. The number of carbonyl (C=O) groups excluding carboxylic acids is 1. The van der Waals surface area contributed by atoms with Crippen molar-refractivity contribution in [3.63, 3.8) is 0 Å². The summed E-state index contributed by atoms with van der Waals surface area (Å²) in [6.07, 6.45) is 1.75. The molecule has 0 unspecified atom stereocenters. The maximum absolute atomic E-state index is 13.3. The minimum Gasteiger partial charge on any atom is -0.378 e. The Bertz CT molecular complexity index is 878. The standard InChI is InChI=1S/C20H23N5O4/c26-20(24-9-7-23(8-10-24)19-3-1-2-6-21-19)17-15-16(25(27)28)4-5-18(17)22-11-13-29-14-12-22/h1-6,15H,7-14H2. The fourth-order valence-corrected chi connectivity index (χ4v) is 3.74. The number of hydrogen-bond donors (Lipinski definition) is 0. The third-order valence-corrected chi connectivity index (χ3v) is 5.31. The molecule has 0 spiro atoms. The van der Waals surface area contributed by atoms with Crippen molar-refractivity contribution < 1.29 is 14.5 Å². The molecule has 0 saturated carbocycles. The Morgan fingerprint density at radius 1 is 1.00 bits per heavy atom. The van der Waals surface area contributed by atoms with E-state index in [0.29, 0.717) is 58.0 Å². The molecule has 3 heterocycles. The van der Waals surface area contributed by atoms with Gasteiger partial charge < -0.3 is 19.4 Å². The smallest absolute Gasteiger partial charge is 0.270 e. The summed E-state index contributed by atoms with van der Waals surface area (Å²) in [4.78, 5) is 34.4. The van der Waals surface area contributed by atoms with Gasteiger partial charge in [0.25, 0.3) is 11.6 Å². The van der Waals surface area contributed by atoms with Crippen molar-refractivity contribution in [3.05, 3.63) is 58.3 Å². The van der Waals surface area contributed by atoms with Gasteiger partial charge in [-0.2, -0.15) is 0 Å². The summed E-state index contributed by atoms with van der Waals surface area (Å²) in [6.45, 7) is 4.90. The van der Waals surface area contributed by atoms with Crippen LogP contribution in [0.3, 0.4) is 0 Å². The molecule has 0 bridgehead atoms. The number of rotatable bonds is 4. The van der Waals surface area contributed by atoms with E-state index >= 15 is 0 Å². The molecule has 0 aliphatic carbocycles.